The topological polar surface area (TPSA) is 70.1 Å². The molecule has 0 bridgehead atoms. The SMILES string of the molecule is CCOC(=O)C(C)(C)n1cc(C)c(N)n1. The minimum atomic E-state index is -0.821. The number of esters is 1. The monoisotopic (exact) mass is 211 g/mol. The summed E-state index contributed by atoms with van der Waals surface area (Å²) in [6.07, 6.45) is 1.74. The number of anilines is 1. The first-order valence-corrected chi connectivity index (χ1v) is 4.89. The highest BCUT2D eigenvalue weighted by Crippen LogP contribution is 2.19. The lowest BCUT2D eigenvalue weighted by molar-refractivity contribution is -0.152. The van der Waals surface area contributed by atoms with Gasteiger partial charge in [-0.05, 0) is 27.7 Å². The van der Waals surface area contributed by atoms with Crippen molar-refractivity contribution in [2.45, 2.75) is 33.2 Å². The minimum absolute atomic E-state index is 0.312. The van der Waals surface area contributed by atoms with E-state index in [-0.39, 0.29) is 5.97 Å². The van der Waals surface area contributed by atoms with Crippen LogP contribution >= 0.6 is 0 Å². The third kappa shape index (κ3) is 2.11. The van der Waals surface area contributed by atoms with Crippen molar-refractivity contribution in [3.63, 3.8) is 0 Å². The van der Waals surface area contributed by atoms with Crippen molar-refractivity contribution in [3.8, 4) is 0 Å². The summed E-state index contributed by atoms with van der Waals surface area (Å²) in [7, 11) is 0. The van der Waals surface area contributed by atoms with Crippen molar-refractivity contribution in [1.29, 1.82) is 0 Å². The van der Waals surface area contributed by atoms with E-state index in [0.29, 0.717) is 12.4 Å². The van der Waals surface area contributed by atoms with Crippen LogP contribution in [0.3, 0.4) is 0 Å². The lowest BCUT2D eigenvalue weighted by atomic mass is 10.1. The number of carbonyl (C=O) groups is 1. The molecular weight excluding hydrogens is 194 g/mol. The second kappa shape index (κ2) is 3.92. The highest BCUT2D eigenvalue weighted by molar-refractivity contribution is 5.77. The number of rotatable bonds is 3. The molecule has 0 radical (unpaired) electrons. The normalized spacial score (nSPS) is 11.5. The van der Waals surface area contributed by atoms with Crippen LogP contribution in [0.2, 0.25) is 0 Å². The molecule has 2 N–H and O–H groups in total. The standard InChI is InChI=1S/C10H17N3O2/c1-5-15-9(14)10(3,4)13-6-7(2)8(11)12-13/h6H,5H2,1-4H3,(H2,11,12). The Hall–Kier alpha value is -1.52. The third-order valence-corrected chi connectivity index (χ3v) is 2.28. The Morgan fingerprint density at radius 1 is 1.67 bits per heavy atom. The summed E-state index contributed by atoms with van der Waals surface area (Å²) in [4.78, 5) is 11.7. The fourth-order valence-electron chi connectivity index (χ4n) is 1.16. The van der Waals surface area contributed by atoms with Crippen LogP contribution in [0.4, 0.5) is 5.82 Å². The molecule has 1 aromatic heterocycles. The van der Waals surface area contributed by atoms with Crippen LogP contribution in [-0.4, -0.2) is 22.4 Å². The predicted octanol–water partition coefficient (Wildman–Crippen LogP) is 1.07. The Morgan fingerprint density at radius 2 is 2.27 bits per heavy atom. The van der Waals surface area contributed by atoms with Gasteiger partial charge in [0, 0.05) is 11.8 Å². The van der Waals surface area contributed by atoms with Gasteiger partial charge in [-0.2, -0.15) is 5.10 Å². The summed E-state index contributed by atoms with van der Waals surface area (Å²) in [6.45, 7) is 7.47. The van der Waals surface area contributed by atoms with Gasteiger partial charge in [-0.1, -0.05) is 0 Å². The number of nitrogens with zero attached hydrogens (tertiary/aromatic N) is 2. The lowest BCUT2D eigenvalue weighted by Crippen LogP contribution is -2.37. The molecule has 0 unspecified atom stereocenters. The number of ether oxygens (including phenoxy) is 1. The van der Waals surface area contributed by atoms with Gasteiger partial charge in [0.15, 0.2) is 5.54 Å². The smallest absolute Gasteiger partial charge is 0.333 e. The lowest BCUT2D eigenvalue weighted by Gasteiger charge is -2.22. The molecule has 0 atom stereocenters. The van der Waals surface area contributed by atoms with E-state index in [0.717, 1.165) is 5.56 Å². The molecule has 0 saturated heterocycles. The number of nitrogens with two attached hydrogens (primary N) is 1. The molecule has 0 saturated carbocycles. The van der Waals surface area contributed by atoms with Crippen molar-refractivity contribution < 1.29 is 9.53 Å². The Balaban J connectivity index is 2.99. The van der Waals surface area contributed by atoms with Crippen molar-refractivity contribution in [3.05, 3.63) is 11.8 Å². The maximum Gasteiger partial charge on any atom is 0.333 e. The van der Waals surface area contributed by atoms with Crippen molar-refractivity contribution >= 4 is 11.8 Å². The zero-order chi connectivity index (χ0) is 11.6. The van der Waals surface area contributed by atoms with E-state index in [1.54, 1.807) is 27.0 Å². The van der Waals surface area contributed by atoms with Gasteiger partial charge in [-0.25, -0.2) is 4.79 Å². The van der Waals surface area contributed by atoms with E-state index >= 15 is 0 Å². The highest BCUT2D eigenvalue weighted by Gasteiger charge is 2.32. The molecule has 0 amide bonds. The fraction of sp³-hybridized carbons (Fsp3) is 0.600. The van der Waals surface area contributed by atoms with E-state index in [1.165, 1.54) is 4.68 Å². The Bertz CT molecular complexity index is 349. The van der Waals surface area contributed by atoms with E-state index in [9.17, 15) is 4.79 Å². The molecule has 5 heteroatoms. The highest BCUT2D eigenvalue weighted by atomic mass is 16.5. The third-order valence-electron chi connectivity index (χ3n) is 2.28. The Kier molecular flexibility index (Phi) is 3.02. The van der Waals surface area contributed by atoms with Crippen LogP contribution in [0.15, 0.2) is 6.20 Å². The van der Waals surface area contributed by atoms with Crippen LogP contribution in [0.5, 0.6) is 0 Å². The van der Waals surface area contributed by atoms with Gasteiger partial charge in [-0.15, -0.1) is 0 Å². The van der Waals surface area contributed by atoms with Gasteiger partial charge >= 0.3 is 5.97 Å². The number of hydrogen-bond donors (Lipinski definition) is 1. The number of aromatic nitrogens is 2. The van der Waals surface area contributed by atoms with Crippen LogP contribution in [-0.2, 0) is 15.1 Å². The number of carbonyl (C=O) groups excluding carboxylic acids is 1. The maximum absolute atomic E-state index is 11.7. The molecule has 1 rings (SSSR count). The van der Waals surface area contributed by atoms with Crippen molar-refractivity contribution in [2.75, 3.05) is 12.3 Å². The quantitative estimate of drug-likeness (QED) is 0.759. The molecule has 1 heterocycles. The second-order valence-corrected chi connectivity index (χ2v) is 3.92. The Morgan fingerprint density at radius 3 is 2.67 bits per heavy atom. The number of aryl methyl sites for hydroxylation is 1. The average molecular weight is 211 g/mol. The van der Waals surface area contributed by atoms with Gasteiger partial charge in [0.25, 0.3) is 0 Å². The van der Waals surface area contributed by atoms with Gasteiger partial charge < -0.3 is 10.5 Å². The average Bonchev–Trinajstić information content (AvgIpc) is 2.48. The second-order valence-electron chi connectivity index (χ2n) is 3.92. The summed E-state index contributed by atoms with van der Waals surface area (Å²) in [6, 6.07) is 0. The van der Waals surface area contributed by atoms with Crippen LogP contribution < -0.4 is 5.73 Å². The number of nitrogen functional groups attached to an aromatic ring is 1. The molecular formula is C10H17N3O2. The van der Waals surface area contributed by atoms with Crippen molar-refractivity contribution in [2.24, 2.45) is 0 Å². The van der Waals surface area contributed by atoms with Gasteiger partial charge in [0.2, 0.25) is 0 Å². The molecule has 0 aliphatic carbocycles. The first kappa shape index (κ1) is 11.6. The zero-order valence-corrected chi connectivity index (χ0v) is 9.57. The van der Waals surface area contributed by atoms with Gasteiger partial charge in [0.05, 0.1) is 6.61 Å². The van der Waals surface area contributed by atoms with Crippen LogP contribution in [0.1, 0.15) is 26.3 Å². The van der Waals surface area contributed by atoms with Crippen molar-refractivity contribution in [1.82, 2.24) is 9.78 Å². The summed E-state index contributed by atoms with van der Waals surface area (Å²) in [5.74, 6) is 0.125. The van der Waals surface area contributed by atoms with Gasteiger partial charge in [-0.3, -0.25) is 4.68 Å². The molecule has 15 heavy (non-hydrogen) atoms. The molecule has 0 fully saturated rings. The van der Waals surface area contributed by atoms with Gasteiger partial charge in [0.1, 0.15) is 5.82 Å². The summed E-state index contributed by atoms with van der Waals surface area (Å²) >= 11 is 0. The van der Waals surface area contributed by atoms with E-state index in [2.05, 4.69) is 5.10 Å². The minimum Gasteiger partial charge on any atom is -0.464 e. The van der Waals surface area contributed by atoms with E-state index in [4.69, 9.17) is 10.5 Å². The fourth-order valence-corrected chi connectivity index (χ4v) is 1.16. The first-order valence-electron chi connectivity index (χ1n) is 4.89. The molecule has 0 aromatic carbocycles. The van der Waals surface area contributed by atoms with Crippen LogP contribution in [0.25, 0.3) is 0 Å². The van der Waals surface area contributed by atoms with E-state index < -0.39 is 5.54 Å². The largest absolute Gasteiger partial charge is 0.464 e. The van der Waals surface area contributed by atoms with Crippen LogP contribution in [0, 0.1) is 6.92 Å². The molecule has 84 valence electrons. The maximum atomic E-state index is 11.7. The summed E-state index contributed by atoms with van der Waals surface area (Å²) in [5.41, 5.74) is 5.66. The molecule has 0 aliphatic rings. The molecule has 1 aromatic rings. The number of hydrogen-bond acceptors (Lipinski definition) is 4. The molecule has 5 nitrogen and oxygen atoms in total. The molecule has 0 spiro atoms. The zero-order valence-electron chi connectivity index (χ0n) is 9.57. The Labute approximate surface area is 89.2 Å². The summed E-state index contributed by atoms with van der Waals surface area (Å²) < 4.78 is 6.51. The summed E-state index contributed by atoms with van der Waals surface area (Å²) in [5, 5.41) is 4.08. The van der Waals surface area contributed by atoms with E-state index in [1.807, 2.05) is 6.92 Å². The predicted molar refractivity (Wildman–Crippen MR) is 57.3 cm³/mol. The first-order chi connectivity index (χ1) is 6.89. The molecule has 0 aliphatic heterocycles.